The van der Waals surface area contributed by atoms with E-state index >= 15 is 0 Å². The summed E-state index contributed by atoms with van der Waals surface area (Å²) in [6.45, 7) is 2.44. The predicted molar refractivity (Wildman–Crippen MR) is 55.0 cm³/mol. The smallest absolute Gasteiger partial charge is 0.353 e. The molecule has 0 aliphatic carbocycles. The van der Waals surface area contributed by atoms with E-state index in [1.807, 2.05) is 6.92 Å². The minimum absolute atomic E-state index is 0.258. The van der Waals surface area contributed by atoms with E-state index in [-0.39, 0.29) is 5.82 Å². The first-order valence-corrected chi connectivity index (χ1v) is 6.15. The highest BCUT2D eigenvalue weighted by atomic mass is 35.7. The van der Waals surface area contributed by atoms with Crippen molar-refractivity contribution in [1.29, 1.82) is 0 Å². The summed E-state index contributed by atoms with van der Waals surface area (Å²) in [4.78, 5) is 0. The number of rotatable bonds is 2. The van der Waals surface area contributed by atoms with Gasteiger partial charge in [-0.2, -0.15) is 8.42 Å². The first kappa shape index (κ1) is 14.2. The third-order valence-electron chi connectivity index (χ3n) is 1.11. The molecule has 0 aliphatic heterocycles. The van der Waals surface area contributed by atoms with Crippen LogP contribution in [0.25, 0.3) is 0 Å². The molecule has 86 valence electrons. The molecule has 1 aromatic rings. The SMILES string of the molecule is CCOc1cccc(F)c1.O=S(=O)(O)Cl. The molecule has 1 aromatic carbocycles. The third kappa shape index (κ3) is 11.1. The highest BCUT2D eigenvalue weighted by molar-refractivity contribution is 8.09. The molecule has 4 nitrogen and oxygen atoms in total. The maximum Gasteiger partial charge on any atom is 0.353 e. The summed E-state index contributed by atoms with van der Waals surface area (Å²) in [5.41, 5.74) is 0. The van der Waals surface area contributed by atoms with Crippen LogP contribution in [0.4, 0.5) is 4.39 Å². The zero-order valence-electron chi connectivity index (χ0n) is 7.85. The molecule has 0 saturated heterocycles. The topological polar surface area (TPSA) is 63.6 Å². The van der Waals surface area contributed by atoms with Crippen LogP contribution in [0, 0.1) is 5.82 Å². The van der Waals surface area contributed by atoms with Crippen molar-refractivity contribution >= 4 is 20.0 Å². The standard InChI is InChI=1S/C8H9FO.ClHO3S/c1-2-10-8-5-3-4-7(9)6-8;1-5(2,3)4/h3-6H,2H2,1H3;(H,2,3,4). The lowest BCUT2D eigenvalue weighted by atomic mass is 10.3. The molecule has 0 heterocycles. The Labute approximate surface area is 91.9 Å². The van der Waals surface area contributed by atoms with Crippen molar-refractivity contribution < 1.29 is 22.1 Å². The average Bonchev–Trinajstić information content (AvgIpc) is 2.01. The van der Waals surface area contributed by atoms with Crippen LogP contribution in [0.3, 0.4) is 0 Å². The quantitative estimate of drug-likeness (QED) is 0.651. The van der Waals surface area contributed by atoms with E-state index in [1.54, 1.807) is 12.1 Å². The highest BCUT2D eigenvalue weighted by Gasteiger charge is 1.91. The van der Waals surface area contributed by atoms with Crippen molar-refractivity contribution in [2.45, 2.75) is 6.92 Å². The van der Waals surface area contributed by atoms with Crippen molar-refractivity contribution in [1.82, 2.24) is 0 Å². The number of hydrogen-bond acceptors (Lipinski definition) is 3. The summed E-state index contributed by atoms with van der Waals surface area (Å²) in [7, 11) is -0.137. The summed E-state index contributed by atoms with van der Waals surface area (Å²) in [5.74, 6) is 0.327. The van der Waals surface area contributed by atoms with Gasteiger partial charge in [0.25, 0.3) is 0 Å². The Kier molecular flexibility index (Phi) is 6.23. The lowest BCUT2D eigenvalue weighted by Crippen LogP contribution is -1.90. The number of halogens is 2. The van der Waals surface area contributed by atoms with Crippen LogP contribution in [0.2, 0.25) is 0 Å². The van der Waals surface area contributed by atoms with Gasteiger partial charge in [0.1, 0.15) is 11.6 Å². The van der Waals surface area contributed by atoms with E-state index in [0.29, 0.717) is 12.4 Å². The first-order chi connectivity index (χ1) is 6.83. The maximum atomic E-state index is 12.4. The van der Waals surface area contributed by atoms with Gasteiger partial charge in [-0.3, -0.25) is 4.55 Å². The Bertz CT molecular complexity index is 385. The molecule has 0 radical (unpaired) electrons. The van der Waals surface area contributed by atoms with Gasteiger partial charge in [-0.1, -0.05) is 6.07 Å². The van der Waals surface area contributed by atoms with E-state index in [4.69, 9.17) is 17.7 Å². The number of ether oxygens (including phenoxy) is 1. The van der Waals surface area contributed by atoms with Crippen molar-refractivity contribution in [3.05, 3.63) is 30.1 Å². The molecule has 0 saturated carbocycles. The normalized spacial score (nSPS) is 10.1. The molecule has 0 aromatic heterocycles. The Morgan fingerprint density at radius 2 is 2.07 bits per heavy atom. The number of benzene rings is 1. The maximum absolute atomic E-state index is 12.4. The average molecular weight is 257 g/mol. The van der Waals surface area contributed by atoms with Gasteiger partial charge >= 0.3 is 9.33 Å². The molecular formula is C8H10ClFO4S. The molecule has 0 atom stereocenters. The highest BCUT2D eigenvalue weighted by Crippen LogP contribution is 2.10. The van der Waals surface area contributed by atoms with Crippen LogP contribution in [-0.4, -0.2) is 19.6 Å². The molecule has 0 fully saturated rings. The minimum atomic E-state index is -4.19. The fourth-order valence-electron chi connectivity index (χ4n) is 0.723. The molecule has 0 amide bonds. The van der Waals surface area contributed by atoms with Crippen molar-refractivity contribution in [2.75, 3.05) is 6.61 Å². The Morgan fingerprint density at radius 1 is 1.53 bits per heavy atom. The zero-order valence-corrected chi connectivity index (χ0v) is 9.43. The van der Waals surface area contributed by atoms with Gasteiger partial charge < -0.3 is 4.74 Å². The molecule has 0 unspecified atom stereocenters. The Hall–Kier alpha value is -0.850. The fraction of sp³-hybridized carbons (Fsp3) is 0.250. The zero-order chi connectivity index (χ0) is 11.9. The summed E-state index contributed by atoms with van der Waals surface area (Å²) in [6, 6.07) is 6.11. The lowest BCUT2D eigenvalue weighted by molar-refractivity contribution is 0.338. The third-order valence-corrected chi connectivity index (χ3v) is 1.11. The molecule has 0 bridgehead atoms. The van der Waals surface area contributed by atoms with E-state index in [2.05, 4.69) is 10.7 Å². The lowest BCUT2D eigenvalue weighted by Gasteiger charge is -2.00. The largest absolute Gasteiger partial charge is 0.494 e. The summed E-state index contributed by atoms with van der Waals surface area (Å²) in [5, 5.41) is 0. The molecule has 1 rings (SSSR count). The molecule has 7 heteroatoms. The molecule has 0 spiro atoms. The molecule has 0 aliphatic rings. The predicted octanol–water partition coefficient (Wildman–Crippen LogP) is 2.25. The van der Waals surface area contributed by atoms with Crippen molar-refractivity contribution in [3.8, 4) is 5.75 Å². The van der Waals surface area contributed by atoms with Gasteiger partial charge in [0, 0.05) is 16.7 Å². The summed E-state index contributed by atoms with van der Waals surface area (Å²) < 4.78 is 42.6. The second-order valence-corrected chi connectivity index (χ2v) is 4.30. The van der Waals surface area contributed by atoms with Gasteiger partial charge in [0.15, 0.2) is 0 Å². The molecular weight excluding hydrogens is 247 g/mol. The van der Waals surface area contributed by atoms with E-state index in [0.717, 1.165) is 0 Å². The molecule has 1 N–H and O–H groups in total. The van der Waals surface area contributed by atoms with Crippen LogP contribution in [-0.2, 0) is 9.33 Å². The van der Waals surface area contributed by atoms with Gasteiger partial charge in [-0.25, -0.2) is 4.39 Å². The van der Waals surface area contributed by atoms with Gasteiger partial charge in [-0.15, -0.1) is 0 Å². The van der Waals surface area contributed by atoms with Gasteiger partial charge in [0.05, 0.1) is 6.61 Å². The van der Waals surface area contributed by atoms with Crippen LogP contribution >= 0.6 is 10.7 Å². The monoisotopic (exact) mass is 256 g/mol. The van der Waals surface area contributed by atoms with E-state index < -0.39 is 9.33 Å². The van der Waals surface area contributed by atoms with Gasteiger partial charge in [-0.05, 0) is 19.1 Å². The fourth-order valence-corrected chi connectivity index (χ4v) is 0.723. The van der Waals surface area contributed by atoms with Crippen LogP contribution < -0.4 is 4.74 Å². The van der Waals surface area contributed by atoms with Gasteiger partial charge in [0.2, 0.25) is 0 Å². The summed E-state index contributed by atoms with van der Waals surface area (Å²) in [6.07, 6.45) is 0. The van der Waals surface area contributed by atoms with Crippen molar-refractivity contribution in [3.63, 3.8) is 0 Å². The second-order valence-electron chi connectivity index (χ2n) is 2.30. The van der Waals surface area contributed by atoms with E-state index in [1.165, 1.54) is 12.1 Å². The van der Waals surface area contributed by atoms with Crippen molar-refractivity contribution in [2.24, 2.45) is 0 Å². The second kappa shape index (κ2) is 6.60. The van der Waals surface area contributed by atoms with Crippen LogP contribution in [0.1, 0.15) is 6.92 Å². The number of hydrogen-bond donors (Lipinski definition) is 1. The Morgan fingerprint density at radius 3 is 2.47 bits per heavy atom. The minimum Gasteiger partial charge on any atom is -0.494 e. The van der Waals surface area contributed by atoms with Crippen LogP contribution in [0.15, 0.2) is 24.3 Å². The summed E-state index contributed by atoms with van der Waals surface area (Å²) >= 11 is 0. The Balaban J connectivity index is 0.000000336. The molecule has 15 heavy (non-hydrogen) atoms. The van der Waals surface area contributed by atoms with E-state index in [9.17, 15) is 4.39 Å². The van der Waals surface area contributed by atoms with Crippen LogP contribution in [0.5, 0.6) is 5.75 Å². The first-order valence-electron chi connectivity index (χ1n) is 3.88.